The van der Waals surface area contributed by atoms with Crippen molar-refractivity contribution in [3.8, 4) is 5.75 Å². The molecule has 2 amide bonds. The number of likely N-dealkylation sites (N-methyl/N-ethyl adjacent to an activating group) is 1. The van der Waals surface area contributed by atoms with Crippen LogP contribution in [0, 0.1) is 5.82 Å². The Morgan fingerprint density at radius 1 is 0.946 bits per heavy atom. The predicted octanol–water partition coefficient (Wildman–Crippen LogP) is 5.90. The van der Waals surface area contributed by atoms with Crippen molar-refractivity contribution in [2.24, 2.45) is 0 Å². The number of carbonyl (C=O) groups is 2. The lowest BCUT2D eigenvalue weighted by atomic mass is 10.0. The molecule has 0 radical (unpaired) electrons. The van der Waals surface area contributed by atoms with Crippen LogP contribution in [0.25, 0.3) is 10.8 Å². The monoisotopic (exact) mass is 562 g/mol. The van der Waals surface area contributed by atoms with Gasteiger partial charge in [-0.3, -0.25) is 9.59 Å². The lowest BCUT2D eigenvalue weighted by molar-refractivity contribution is -0.142. The molecule has 0 fully saturated rings. The summed E-state index contributed by atoms with van der Waals surface area (Å²) < 4.78 is 21.3. The maximum absolute atomic E-state index is 14.6. The molecule has 5 nitrogen and oxygen atoms in total. The zero-order chi connectivity index (χ0) is 26.2. The molecule has 0 aromatic heterocycles. The van der Waals surface area contributed by atoms with E-state index in [4.69, 9.17) is 4.74 Å². The van der Waals surface area contributed by atoms with E-state index in [0.29, 0.717) is 17.9 Å². The second-order valence-electron chi connectivity index (χ2n) is 8.60. The van der Waals surface area contributed by atoms with E-state index in [1.54, 1.807) is 24.3 Å². The summed E-state index contributed by atoms with van der Waals surface area (Å²) in [5.74, 6) is -0.651. The van der Waals surface area contributed by atoms with E-state index in [9.17, 15) is 14.0 Å². The second kappa shape index (κ2) is 12.5. The molecule has 0 saturated carbocycles. The smallest absolute Gasteiger partial charge is 0.261 e. The Morgan fingerprint density at radius 2 is 1.65 bits per heavy atom. The van der Waals surface area contributed by atoms with E-state index in [2.05, 4.69) is 21.2 Å². The predicted molar refractivity (Wildman–Crippen MR) is 147 cm³/mol. The van der Waals surface area contributed by atoms with Crippen LogP contribution < -0.4 is 10.1 Å². The summed E-state index contributed by atoms with van der Waals surface area (Å²) >= 11 is 3.59. The third-order valence-corrected chi connectivity index (χ3v) is 6.92. The van der Waals surface area contributed by atoms with Gasteiger partial charge in [0.05, 0.1) is 4.47 Å². The maximum Gasteiger partial charge on any atom is 0.261 e. The molecule has 1 N–H and O–H groups in total. The molecule has 37 heavy (non-hydrogen) atoms. The van der Waals surface area contributed by atoms with Gasteiger partial charge in [0.25, 0.3) is 5.91 Å². The van der Waals surface area contributed by atoms with E-state index in [0.717, 1.165) is 20.8 Å². The van der Waals surface area contributed by atoms with Crippen LogP contribution in [0.3, 0.4) is 0 Å². The Kier molecular flexibility index (Phi) is 8.90. The van der Waals surface area contributed by atoms with Crippen molar-refractivity contribution in [1.82, 2.24) is 10.2 Å². The molecule has 1 atom stereocenters. The highest BCUT2D eigenvalue weighted by atomic mass is 79.9. The fourth-order valence-electron chi connectivity index (χ4n) is 4.20. The molecule has 0 spiro atoms. The van der Waals surface area contributed by atoms with E-state index in [-0.39, 0.29) is 25.5 Å². The number of rotatable bonds is 10. The first-order valence-electron chi connectivity index (χ1n) is 12.1. The molecule has 4 aromatic carbocycles. The fourth-order valence-corrected chi connectivity index (χ4v) is 4.81. The Balaban J connectivity index is 1.63. The molecule has 0 bridgehead atoms. The van der Waals surface area contributed by atoms with Crippen LogP contribution >= 0.6 is 15.9 Å². The topological polar surface area (TPSA) is 58.6 Å². The van der Waals surface area contributed by atoms with Gasteiger partial charge in [-0.25, -0.2) is 4.39 Å². The first-order valence-corrected chi connectivity index (χ1v) is 12.9. The van der Waals surface area contributed by atoms with Gasteiger partial charge < -0.3 is 15.0 Å². The molecule has 0 saturated heterocycles. The molecule has 0 aliphatic carbocycles. The molecular formula is C30H28BrFN2O3. The largest absolute Gasteiger partial charge is 0.483 e. The Labute approximate surface area is 224 Å². The van der Waals surface area contributed by atoms with Gasteiger partial charge in [-0.05, 0) is 51.3 Å². The van der Waals surface area contributed by atoms with Gasteiger partial charge in [-0.15, -0.1) is 0 Å². The normalized spacial score (nSPS) is 11.6. The van der Waals surface area contributed by atoms with Gasteiger partial charge in [-0.2, -0.15) is 0 Å². The Bertz CT molecular complexity index is 1380. The van der Waals surface area contributed by atoms with Crippen LogP contribution in [0.15, 0.2) is 95.5 Å². The summed E-state index contributed by atoms with van der Waals surface area (Å²) in [5, 5.41) is 4.82. The fraction of sp³-hybridized carbons (Fsp3) is 0.200. The van der Waals surface area contributed by atoms with Crippen molar-refractivity contribution in [2.75, 3.05) is 13.2 Å². The molecule has 0 heterocycles. The van der Waals surface area contributed by atoms with Gasteiger partial charge in [0, 0.05) is 25.1 Å². The van der Waals surface area contributed by atoms with Crippen LogP contribution in [-0.4, -0.2) is 35.9 Å². The summed E-state index contributed by atoms with van der Waals surface area (Å²) in [5.41, 5.74) is 1.22. The lowest BCUT2D eigenvalue weighted by Crippen LogP contribution is -2.51. The number of amides is 2. The number of carbonyl (C=O) groups excluding carboxylic acids is 2. The van der Waals surface area contributed by atoms with E-state index in [1.165, 1.54) is 11.0 Å². The summed E-state index contributed by atoms with van der Waals surface area (Å²) in [6.07, 6.45) is 0.284. The standard InChI is InChI=1S/C30H28BrFN2O3/c1-2-33-30(36)26(18-21-10-4-3-5-11-21)34(19-23-13-7-9-15-25(23)32)28(35)20-37-27-17-16-22-12-6-8-14-24(22)29(27)31/h3-17,26H,2,18-20H2,1H3,(H,33,36)/t26-/m1/s1. The molecule has 4 rings (SSSR count). The summed E-state index contributed by atoms with van der Waals surface area (Å²) in [7, 11) is 0. The number of hydrogen-bond donors (Lipinski definition) is 1. The molecule has 4 aromatic rings. The third kappa shape index (κ3) is 6.54. The van der Waals surface area contributed by atoms with Gasteiger partial charge in [-0.1, -0.05) is 78.9 Å². The average molecular weight is 563 g/mol. The maximum atomic E-state index is 14.6. The summed E-state index contributed by atoms with van der Waals surface area (Å²) in [6.45, 7) is 1.85. The Morgan fingerprint density at radius 3 is 2.41 bits per heavy atom. The highest BCUT2D eigenvalue weighted by molar-refractivity contribution is 9.10. The third-order valence-electron chi connectivity index (χ3n) is 6.10. The number of benzene rings is 4. The quantitative estimate of drug-likeness (QED) is 0.262. The van der Waals surface area contributed by atoms with E-state index < -0.39 is 17.8 Å². The first kappa shape index (κ1) is 26.4. The highest BCUT2D eigenvalue weighted by Gasteiger charge is 2.31. The molecular weight excluding hydrogens is 535 g/mol. The minimum atomic E-state index is -0.849. The van der Waals surface area contributed by atoms with Crippen molar-refractivity contribution < 1.29 is 18.7 Å². The number of nitrogens with one attached hydrogen (secondary N) is 1. The number of fused-ring (bicyclic) bond motifs is 1. The van der Waals surface area contributed by atoms with Gasteiger partial charge in [0.15, 0.2) is 6.61 Å². The molecule has 0 unspecified atom stereocenters. The zero-order valence-corrected chi connectivity index (χ0v) is 22.1. The van der Waals surface area contributed by atoms with Crippen molar-refractivity contribution in [1.29, 1.82) is 0 Å². The number of nitrogens with zero attached hydrogens (tertiary/aromatic N) is 1. The molecule has 7 heteroatoms. The van der Waals surface area contributed by atoms with Gasteiger partial charge in [0.1, 0.15) is 17.6 Å². The Hall–Kier alpha value is -3.71. The van der Waals surface area contributed by atoms with E-state index in [1.807, 2.05) is 67.6 Å². The van der Waals surface area contributed by atoms with Crippen LogP contribution in [0.4, 0.5) is 4.39 Å². The molecule has 0 aliphatic rings. The van der Waals surface area contributed by atoms with Crippen LogP contribution in [0.5, 0.6) is 5.75 Å². The number of ether oxygens (including phenoxy) is 1. The van der Waals surface area contributed by atoms with Crippen LogP contribution in [-0.2, 0) is 22.6 Å². The lowest BCUT2D eigenvalue weighted by Gasteiger charge is -2.31. The summed E-state index contributed by atoms with van der Waals surface area (Å²) in [6, 6.07) is 26.4. The average Bonchev–Trinajstić information content (AvgIpc) is 2.92. The number of hydrogen-bond acceptors (Lipinski definition) is 3. The van der Waals surface area contributed by atoms with Crippen molar-refractivity contribution in [2.45, 2.75) is 25.9 Å². The van der Waals surface area contributed by atoms with Crippen molar-refractivity contribution in [3.63, 3.8) is 0 Å². The summed E-state index contributed by atoms with van der Waals surface area (Å²) in [4.78, 5) is 28.2. The van der Waals surface area contributed by atoms with Gasteiger partial charge in [0.2, 0.25) is 5.91 Å². The van der Waals surface area contributed by atoms with Crippen LogP contribution in [0.2, 0.25) is 0 Å². The molecule has 0 aliphatic heterocycles. The van der Waals surface area contributed by atoms with Gasteiger partial charge >= 0.3 is 0 Å². The minimum Gasteiger partial charge on any atom is -0.483 e. The van der Waals surface area contributed by atoms with Crippen LogP contribution in [0.1, 0.15) is 18.1 Å². The second-order valence-corrected chi connectivity index (χ2v) is 9.39. The SMILES string of the molecule is CCNC(=O)[C@@H](Cc1ccccc1)N(Cc1ccccc1F)C(=O)COc1ccc2ccccc2c1Br. The first-order chi connectivity index (χ1) is 18.0. The van der Waals surface area contributed by atoms with Crippen molar-refractivity contribution >= 4 is 38.5 Å². The van der Waals surface area contributed by atoms with Crippen molar-refractivity contribution in [3.05, 3.63) is 112 Å². The molecule has 190 valence electrons. The number of halogens is 2. The minimum absolute atomic E-state index is 0.0671. The highest BCUT2D eigenvalue weighted by Crippen LogP contribution is 2.33. The zero-order valence-electron chi connectivity index (χ0n) is 20.5. The van der Waals surface area contributed by atoms with E-state index >= 15 is 0 Å².